The minimum atomic E-state index is -0.237. The van der Waals surface area contributed by atoms with Crippen LogP contribution in [0.15, 0.2) is 28.2 Å². The zero-order valence-corrected chi connectivity index (χ0v) is 19.5. The van der Waals surface area contributed by atoms with Crippen LogP contribution in [0.1, 0.15) is 37.6 Å². The van der Waals surface area contributed by atoms with Gasteiger partial charge in [-0.3, -0.25) is 14.2 Å². The van der Waals surface area contributed by atoms with Gasteiger partial charge in [-0.05, 0) is 29.7 Å². The Kier molecular flexibility index (Phi) is 5.77. The van der Waals surface area contributed by atoms with E-state index in [4.69, 9.17) is 14.5 Å². The summed E-state index contributed by atoms with van der Waals surface area (Å²) in [4.78, 5) is 32.6. The van der Waals surface area contributed by atoms with Crippen molar-refractivity contribution in [3.8, 4) is 11.5 Å². The van der Waals surface area contributed by atoms with Gasteiger partial charge in [0.1, 0.15) is 0 Å². The van der Waals surface area contributed by atoms with Crippen LogP contribution in [0.3, 0.4) is 0 Å². The molecule has 0 saturated carbocycles. The number of hydrogen-bond acceptors (Lipinski definition) is 6. The van der Waals surface area contributed by atoms with E-state index in [1.807, 2.05) is 37.8 Å². The molecule has 0 radical (unpaired) electrons. The number of benzene rings is 1. The highest BCUT2D eigenvalue weighted by Crippen LogP contribution is 2.34. The molecule has 4 rings (SSSR count). The highest BCUT2D eigenvalue weighted by molar-refractivity contribution is 7.99. The molecule has 166 valence electrons. The van der Waals surface area contributed by atoms with Crippen LogP contribution in [0.4, 0.5) is 0 Å². The standard InChI is InChI=1S/C23H29N3O4S/c1-23(2,3)19-10-20(27)26-12-16(13-31-22(26)24-19)21(28)25-7-6-14-8-17(29-4)18(30-5)9-15(14)11-25/h8-10,16H,6-7,11-13H2,1-5H3. The van der Waals surface area contributed by atoms with Crippen molar-refractivity contribution < 1.29 is 14.3 Å². The number of rotatable bonds is 3. The summed E-state index contributed by atoms with van der Waals surface area (Å²) in [6.45, 7) is 7.72. The maximum absolute atomic E-state index is 13.3. The maximum atomic E-state index is 13.3. The van der Waals surface area contributed by atoms with Crippen LogP contribution in [0.2, 0.25) is 0 Å². The molecule has 0 spiro atoms. The van der Waals surface area contributed by atoms with Crippen molar-refractivity contribution in [2.24, 2.45) is 5.92 Å². The highest BCUT2D eigenvalue weighted by Gasteiger charge is 2.33. The first kappa shape index (κ1) is 21.7. The fourth-order valence-electron chi connectivity index (χ4n) is 4.07. The summed E-state index contributed by atoms with van der Waals surface area (Å²) in [5.74, 6) is 1.87. The molecule has 1 amide bonds. The first-order valence-corrected chi connectivity index (χ1v) is 11.5. The molecule has 1 aromatic carbocycles. The molecular weight excluding hydrogens is 414 g/mol. The van der Waals surface area contributed by atoms with Crippen LogP contribution in [-0.4, -0.2) is 46.9 Å². The second kappa shape index (κ2) is 8.22. The number of ether oxygens (including phenoxy) is 2. The van der Waals surface area contributed by atoms with Crippen LogP contribution >= 0.6 is 11.8 Å². The average Bonchev–Trinajstić information content (AvgIpc) is 2.76. The van der Waals surface area contributed by atoms with Crippen LogP contribution in [0, 0.1) is 5.92 Å². The lowest BCUT2D eigenvalue weighted by atomic mass is 9.92. The van der Waals surface area contributed by atoms with E-state index in [0.717, 1.165) is 17.7 Å². The van der Waals surface area contributed by atoms with Gasteiger partial charge in [0.25, 0.3) is 5.56 Å². The summed E-state index contributed by atoms with van der Waals surface area (Å²) in [5.41, 5.74) is 2.78. The fourth-order valence-corrected chi connectivity index (χ4v) is 5.16. The fraction of sp³-hybridized carbons (Fsp3) is 0.522. The largest absolute Gasteiger partial charge is 0.493 e. The molecule has 1 atom stereocenters. The van der Waals surface area contributed by atoms with Crippen LogP contribution < -0.4 is 15.0 Å². The van der Waals surface area contributed by atoms with Gasteiger partial charge in [-0.2, -0.15) is 0 Å². The Morgan fingerprint density at radius 1 is 1.13 bits per heavy atom. The van der Waals surface area contributed by atoms with Crippen LogP contribution in [-0.2, 0) is 29.7 Å². The molecule has 7 nitrogen and oxygen atoms in total. The van der Waals surface area contributed by atoms with Gasteiger partial charge < -0.3 is 14.4 Å². The molecule has 3 heterocycles. The van der Waals surface area contributed by atoms with E-state index in [9.17, 15) is 9.59 Å². The molecule has 0 N–H and O–H groups in total. The molecule has 8 heteroatoms. The Bertz CT molecular complexity index is 1070. The SMILES string of the molecule is COc1cc2c(cc1OC)CN(C(=O)C1CSc3nc(C(C)(C)C)cc(=O)n3C1)CC2. The van der Waals surface area contributed by atoms with E-state index < -0.39 is 0 Å². The quantitative estimate of drug-likeness (QED) is 0.680. The molecule has 0 bridgehead atoms. The van der Waals surface area contributed by atoms with E-state index in [2.05, 4.69) is 0 Å². The Hall–Kier alpha value is -2.48. The minimum Gasteiger partial charge on any atom is -0.493 e. The number of aromatic nitrogens is 2. The second-order valence-corrected chi connectivity index (χ2v) is 10.1. The molecule has 0 aliphatic carbocycles. The van der Waals surface area contributed by atoms with Crippen molar-refractivity contribution in [1.29, 1.82) is 0 Å². The van der Waals surface area contributed by atoms with Crippen molar-refractivity contribution in [3.63, 3.8) is 0 Å². The molecule has 31 heavy (non-hydrogen) atoms. The highest BCUT2D eigenvalue weighted by atomic mass is 32.2. The van der Waals surface area contributed by atoms with Crippen molar-refractivity contribution in [1.82, 2.24) is 14.5 Å². The third-order valence-electron chi connectivity index (χ3n) is 5.94. The normalized spacial score (nSPS) is 18.2. The average molecular weight is 444 g/mol. The minimum absolute atomic E-state index is 0.0826. The van der Waals surface area contributed by atoms with Gasteiger partial charge in [-0.15, -0.1) is 0 Å². The van der Waals surface area contributed by atoms with Gasteiger partial charge in [0.05, 0.1) is 25.8 Å². The lowest BCUT2D eigenvalue weighted by molar-refractivity contribution is -0.136. The molecule has 2 aliphatic heterocycles. The van der Waals surface area contributed by atoms with Crippen molar-refractivity contribution >= 4 is 17.7 Å². The number of thioether (sulfide) groups is 1. The predicted octanol–water partition coefficient (Wildman–Crippen LogP) is 2.86. The number of methoxy groups -OCH3 is 2. The van der Waals surface area contributed by atoms with E-state index in [0.29, 0.717) is 42.0 Å². The first-order chi connectivity index (χ1) is 14.7. The molecule has 1 aromatic heterocycles. The summed E-state index contributed by atoms with van der Waals surface area (Å²) in [7, 11) is 3.24. The van der Waals surface area contributed by atoms with Gasteiger partial charge in [0.2, 0.25) is 5.91 Å². The lowest BCUT2D eigenvalue weighted by Crippen LogP contribution is -2.44. The number of fused-ring (bicyclic) bond motifs is 2. The summed E-state index contributed by atoms with van der Waals surface area (Å²) < 4.78 is 12.5. The van der Waals surface area contributed by atoms with E-state index in [1.54, 1.807) is 24.9 Å². The number of amides is 1. The number of hydrogen-bond donors (Lipinski definition) is 0. The Morgan fingerprint density at radius 3 is 2.45 bits per heavy atom. The van der Waals surface area contributed by atoms with E-state index in [-0.39, 0.29) is 22.8 Å². The summed E-state index contributed by atoms with van der Waals surface area (Å²) >= 11 is 1.50. The van der Waals surface area contributed by atoms with Gasteiger partial charge in [-0.25, -0.2) is 4.98 Å². The summed E-state index contributed by atoms with van der Waals surface area (Å²) in [6.07, 6.45) is 0.772. The van der Waals surface area contributed by atoms with E-state index >= 15 is 0 Å². The van der Waals surface area contributed by atoms with Crippen molar-refractivity contribution in [3.05, 3.63) is 45.4 Å². The predicted molar refractivity (Wildman–Crippen MR) is 120 cm³/mol. The first-order valence-electron chi connectivity index (χ1n) is 10.5. The van der Waals surface area contributed by atoms with Gasteiger partial charge in [-0.1, -0.05) is 32.5 Å². The van der Waals surface area contributed by atoms with Crippen LogP contribution in [0.25, 0.3) is 0 Å². The van der Waals surface area contributed by atoms with Crippen LogP contribution in [0.5, 0.6) is 11.5 Å². The third kappa shape index (κ3) is 4.18. The molecule has 0 saturated heterocycles. The monoisotopic (exact) mass is 443 g/mol. The topological polar surface area (TPSA) is 73.7 Å². The van der Waals surface area contributed by atoms with Gasteiger partial charge >= 0.3 is 0 Å². The Morgan fingerprint density at radius 2 is 1.81 bits per heavy atom. The van der Waals surface area contributed by atoms with Crippen molar-refractivity contribution in [2.45, 2.75) is 50.9 Å². The molecule has 2 aromatic rings. The zero-order valence-electron chi connectivity index (χ0n) is 18.7. The zero-order chi connectivity index (χ0) is 22.3. The maximum Gasteiger partial charge on any atom is 0.254 e. The third-order valence-corrected chi connectivity index (χ3v) is 7.08. The summed E-state index contributed by atoms with van der Waals surface area (Å²) in [6, 6.07) is 5.56. The smallest absolute Gasteiger partial charge is 0.254 e. The Labute approximate surface area is 186 Å². The lowest BCUT2D eigenvalue weighted by Gasteiger charge is -2.34. The number of nitrogens with zero attached hydrogens (tertiary/aromatic N) is 3. The summed E-state index contributed by atoms with van der Waals surface area (Å²) in [5, 5.41) is 0.710. The molecule has 2 aliphatic rings. The molecule has 1 unspecified atom stereocenters. The van der Waals surface area contributed by atoms with Gasteiger partial charge in [0.15, 0.2) is 16.7 Å². The van der Waals surface area contributed by atoms with Crippen molar-refractivity contribution in [2.75, 3.05) is 26.5 Å². The second-order valence-electron chi connectivity index (χ2n) is 9.12. The number of carbonyl (C=O) groups is 1. The Balaban J connectivity index is 1.53. The van der Waals surface area contributed by atoms with E-state index in [1.165, 1.54) is 17.3 Å². The molecule has 0 fully saturated rings. The number of carbonyl (C=O) groups excluding carboxylic acids is 1. The molecular formula is C23H29N3O4S. The van der Waals surface area contributed by atoms with Gasteiger partial charge in [0, 0.05) is 36.9 Å².